The van der Waals surface area contributed by atoms with E-state index in [1.54, 1.807) is 0 Å². The van der Waals surface area contributed by atoms with E-state index in [2.05, 4.69) is 13.2 Å². The molecule has 0 saturated carbocycles. The molecule has 7 heteroatoms. The van der Waals surface area contributed by atoms with E-state index in [0.29, 0.717) is 6.08 Å². The summed E-state index contributed by atoms with van der Waals surface area (Å²) >= 11 is 5.22. The predicted octanol–water partition coefficient (Wildman–Crippen LogP) is 1.69. The lowest BCUT2D eigenvalue weighted by Crippen LogP contribution is -2.02. The van der Waals surface area contributed by atoms with Crippen molar-refractivity contribution in [2.24, 2.45) is 0 Å². The summed E-state index contributed by atoms with van der Waals surface area (Å²) in [4.78, 5) is 18.5. The average Bonchev–Trinajstić information content (AvgIpc) is 1.97. The van der Waals surface area contributed by atoms with Crippen LogP contribution in [0.25, 0.3) is 0 Å². The summed E-state index contributed by atoms with van der Waals surface area (Å²) in [5.41, 5.74) is -1.25. The van der Waals surface area contributed by atoms with Gasteiger partial charge in [0.15, 0.2) is 0 Å². The number of hydrogen-bond acceptors (Lipinski definition) is 4. The first kappa shape index (κ1) is 11.3. The van der Waals surface area contributed by atoms with Gasteiger partial charge in [0.1, 0.15) is 5.03 Å². The van der Waals surface area contributed by atoms with Gasteiger partial charge in [0.25, 0.3) is 11.4 Å². The van der Waals surface area contributed by atoms with E-state index in [-0.39, 0.29) is 5.03 Å². The Morgan fingerprint density at radius 2 is 1.69 bits per heavy atom. The maximum absolute atomic E-state index is 10.2. The average molecular weight is 205 g/mol. The highest BCUT2D eigenvalue weighted by Crippen LogP contribution is 2.14. The minimum Gasteiger partial charge on any atom is -0.258 e. The van der Waals surface area contributed by atoms with Gasteiger partial charge in [-0.2, -0.15) is 0 Å². The topological polar surface area (TPSA) is 86.3 Å². The van der Waals surface area contributed by atoms with E-state index in [4.69, 9.17) is 11.6 Å². The molecule has 0 aromatic heterocycles. The second kappa shape index (κ2) is 4.36. The zero-order valence-corrected chi connectivity index (χ0v) is 7.15. The molecule has 0 amide bonds. The Morgan fingerprint density at radius 3 is 1.92 bits per heavy atom. The van der Waals surface area contributed by atoms with Gasteiger partial charge in [-0.3, -0.25) is 20.2 Å². The highest BCUT2D eigenvalue weighted by molar-refractivity contribution is 6.31. The fourth-order valence-corrected chi connectivity index (χ4v) is 0.564. The van der Waals surface area contributed by atoms with Crippen molar-refractivity contribution in [3.63, 3.8) is 0 Å². The van der Waals surface area contributed by atoms with Gasteiger partial charge in [-0.1, -0.05) is 18.2 Å². The molecule has 0 N–H and O–H groups in total. The summed E-state index contributed by atoms with van der Waals surface area (Å²) in [7, 11) is 0. The molecule has 0 aromatic rings. The molecule has 0 aromatic carbocycles. The first-order valence-corrected chi connectivity index (χ1v) is 3.28. The molecule has 0 saturated heterocycles. The van der Waals surface area contributed by atoms with Crippen molar-refractivity contribution in [1.82, 2.24) is 0 Å². The normalized spacial score (nSPS) is 10.7. The number of allylic oxidation sites excluding steroid dienone is 2. The van der Waals surface area contributed by atoms with E-state index in [1.165, 1.54) is 0 Å². The molecule has 0 spiro atoms. The molecule has 0 aliphatic rings. The number of nitrogens with zero attached hydrogens (tertiary/aromatic N) is 2. The van der Waals surface area contributed by atoms with E-state index in [0.717, 1.165) is 0 Å². The van der Waals surface area contributed by atoms with Gasteiger partial charge in [-0.15, -0.1) is 0 Å². The minimum absolute atomic E-state index is 0.381. The van der Waals surface area contributed by atoms with Gasteiger partial charge >= 0.3 is 0 Å². The van der Waals surface area contributed by atoms with Gasteiger partial charge in [-0.05, 0) is 6.58 Å². The molecule has 0 rings (SSSR count). The third-order valence-corrected chi connectivity index (χ3v) is 1.21. The second-order valence-corrected chi connectivity index (χ2v) is 2.40. The largest absolute Gasteiger partial charge is 0.294 e. The number of halogens is 1. The summed E-state index contributed by atoms with van der Waals surface area (Å²) < 4.78 is 0. The lowest BCUT2D eigenvalue weighted by molar-refractivity contribution is -0.430. The summed E-state index contributed by atoms with van der Waals surface area (Å²) in [6.45, 7) is 6.06. The van der Waals surface area contributed by atoms with Crippen molar-refractivity contribution in [2.45, 2.75) is 0 Å². The van der Waals surface area contributed by atoms with Gasteiger partial charge < -0.3 is 0 Å². The molecule has 13 heavy (non-hydrogen) atoms. The lowest BCUT2D eigenvalue weighted by atomic mass is 10.3. The first-order valence-electron chi connectivity index (χ1n) is 2.90. The highest BCUT2D eigenvalue weighted by atomic mass is 35.5. The molecule has 0 heterocycles. The Labute approximate surface area is 78.1 Å². The van der Waals surface area contributed by atoms with E-state index < -0.39 is 21.2 Å². The van der Waals surface area contributed by atoms with Crippen molar-refractivity contribution in [2.75, 3.05) is 0 Å². The Morgan fingerprint density at radius 1 is 1.23 bits per heavy atom. The van der Waals surface area contributed by atoms with E-state index in [9.17, 15) is 20.2 Å². The fourth-order valence-electron chi connectivity index (χ4n) is 0.441. The number of hydrogen-bond donors (Lipinski definition) is 0. The van der Waals surface area contributed by atoms with Crippen LogP contribution in [0.4, 0.5) is 0 Å². The van der Waals surface area contributed by atoms with Crippen molar-refractivity contribution >= 4 is 11.6 Å². The molecule has 0 bridgehead atoms. The third-order valence-electron chi connectivity index (χ3n) is 1.01. The van der Waals surface area contributed by atoms with Crippen LogP contribution >= 0.6 is 11.6 Å². The molecule has 6 nitrogen and oxygen atoms in total. The van der Waals surface area contributed by atoms with E-state index in [1.807, 2.05) is 0 Å². The molecule has 0 aliphatic heterocycles. The van der Waals surface area contributed by atoms with E-state index >= 15 is 0 Å². The fraction of sp³-hybridized carbons (Fsp3) is 0. The SMILES string of the molecule is C=C(Cl)/C(=C\C(=C)[N+](=O)[O-])[N+](=O)[O-]. The standard InChI is InChI=1S/C6H5ClN2O4/c1-4(8(10)11)3-6(5(2)7)9(12)13/h3H,1-2H2/b6-3+. The van der Waals surface area contributed by atoms with Crippen molar-refractivity contribution < 1.29 is 9.85 Å². The first-order chi connectivity index (χ1) is 5.86. The van der Waals surface area contributed by atoms with Crippen LogP contribution in [0.3, 0.4) is 0 Å². The van der Waals surface area contributed by atoms with Crippen molar-refractivity contribution in [3.8, 4) is 0 Å². The van der Waals surface area contributed by atoms with Gasteiger partial charge in [0.05, 0.1) is 15.9 Å². The van der Waals surface area contributed by atoms with Gasteiger partial charge in [0.2, 0.25) is 0 Å². The maximum atomic E-state index is 10.2. The molecule has 0 fully saturated rings. The van der Waals surface area contributed by atoms with Crippen LogP contribution in [0, 0.1) is 20.2 Å². The van der Waals surface area contributed by atoms with Crippen LogP contribution in [0.15, 0.2) is 35.7 Å². The van der Waals surface area contributed by atoms with Crippen LogP contribution < -0.4 is 0 Å². The lowest BCUT2D eigenvalue weighted by Gasteiger charge is -1.92. The monoisotopic (exact) mass is 204 g/mol. The summed E-state index contributed by atoms with van der Waals surface area (Å²) in [6.07, 6.45) is 0.648. The van der Waals surface area contributed by atoms with Crippen LogP contribution in [0.2, 0.25) is 0 Å². The summed E-state index contributed by atoms with van der Waals surface area (Å²) in [6, 6.07) is 0. The molecule has 0 atom stereocenters. The van der Waals surface area contributed by atoms with Crippen LogP contribution in [0.5, 0.6) is 0 Å². The molecule has 70 valence electrons. The minimum atomic E-state index is -0.871. The summed E-state index contributed by atoms with van der Waals surface area (Å²) in [5.74, 6) is 0. The smallest absolute Gasteiger partial charge is 0.258 e. The predicted molar refractivity (Wildman–Crippen MR) is 46.2 cm³/mol. The van der Waals surface area contributed by atoms with Crippen molar-refractivity contribution in [1.29, 1.82) is 0 Å². The van der Waals surface area contributed by atoms with Crippen LogP contribution in [-0.2, 0) is 0 Å². The maximum Gasteiger partial charge on any atom is 0.294 e. The molecule has 0 aliphatic carbocycles. The Balaban J connectivity index is 4.96. The Hall–Kier alpha value is -1.69. The molecular weight excluding hydrogens is 200 g/mol. The van der Waals surface area contributed by atoms with Gasteiger partial charge in [0, 0.05) is 0 Å². The van der Waals surface area contributed by atoms with Gasteiger partial charge in [-0.25, -0.2) is 0 Å². The number of nitro groups is 2. The molecule has 0 unspecified atom stereocenters. The summed E-state index contributed by atoms with van der Waals surface area (Å²) in [5, 5.41) is 19.9. The molecule has 0 radical (unpaired) electrons. The van der Waals surface area contributed by atoms with Crippen LogP contribution in [0.1, 0.15) is 0 Å². The van der Waals surface area contributed by atoms with Crippen LogP contribution in [-0.4, -0.2) is 9.85 Å². The zero-order valence-electron chi connectivity index (χ0n) is 6.40. The Bertz CT molecular complexity index is 305. The number of rotatable bonds is 4. The zero-order chi connectivity index (χ0) is 10.6. The second-order valence-electron chi connectivity index (χ2n) is 1.94. The third kappa shape index (κ3) is 3.48. The Kier molecular flexibility index (Phi) is 3.80. The highest BCUT2D eigenvalue weighted by Gasteiger charge is 2.17. The quantitative estimate of drug-likeness (QED) is 0.396. The molecular formula is C6H5ClN2O4. The van der Waals surface area contributed by atoms with Crippen molar-refractivity contribution in [3.05, 3.63) is 55.9 Å².